The first kappa shape index (κ1) is 24.3. The van der Waals surface area contributed by atoms with E-state index in [1.807, 2.05) is 63.2 Å². The van der Waals surface area contributed by atoms with Crippen LogP contribution in [-0.2, 0) is 14.8 Å². The first-order chi connectivity index (χ1) is 16.7. The Morgan fingerprint density at radius 1 is 0.857 bits per heavy atom. The molecule has 0 saturated carbocycles. The molecule has 0 aliphatic heterocycles. The number of hydrogen-bond donors (Lipinski definition) is 1. The van der Waals surface area contributed by atoms with E-state index >= 15 is 0 Å². The Labute approximate surface area is 206 Å². The highest BCUT2D eigenvalue weighted by molar-refractivity contribution is 7.93. The summed E-state index contributed by atoms with van der Waals surface area (Å²) < 4.78 is 34.4. The molecule has 0 bridgehead atoms. The lowest BCUT2D eigenvalue weighted by molar-refractivity contribution is -0.114. The van der Waals surface area contributed by atoms with E-state index in [0.717, 1.165) is 31.8 Å². The second kappa shape index (κ2) is 9.80. The van der Waals surface area contributed by atoms with Crippen molar-refractivity contribution in [2.45, 2.75) is 25.7 Å². The fraction of sp³-hybridized carbons (Fsp3) is 0.179. The molecule has 4 rings (SSSR count). The van der Waals surface area contributed by atoms with Gasteiger partial charge >= 0.3 is 0 Å². The molecule has 0 heterocycles. The molecular formula is C28H28N2O4S. The number of hydrogen-bond acceptors (Lipinski definition) is 4. The van der Waals surface area contributed by atoms with E-state index in [1.165, 1.54) is 7.11 Å². The Morgan fingerprint density at radius 2 is 1.54 bits per heavy atom. The van der Waals surface area contributed by atoms with E-state index in [9.17, 15) is 13.2 Å². The summed E-state index contributed by atoms with van der Waals surface area (Å²) in [5, 5.41) is 4.76. The lowest BCUT2D eigenvalue weighted by atomic mass is 10.1. The Morgan fingerprint density at radius 3 is 2.26 bits per heavy atom. The first-order valence-electron chi connectivity index (χ1n) is 11.2. The van der Waals surface area contributed by atoms with Crippen LogP contribution in [0.3, 0.4) is 0 Å². The zero-order valence-electron chi connectivity index (χ0n) is 20.2. The molecule has 4 aromatic carbocycles. The third kappa shape index (κ3) is 5.15. The molecular weight excluding hydrogens is 460 g/mol. The Hall–Kier alpha value is -3.84. The Kier molecular flexibility index (Phi) is 6.80. The van der Waals surface area contributed by atoms with Crippen molar-refractivity contribution in [3.8, 4) is 5.75 Å². The molecule has 0 unspecified atom stereocenters. The number of ether oxygens (including phenoxy) is 1. The van der Waals surface area contributed by atoms with Crippen LogP contribution in [0.4, 0.5) is 11.4 Å². The molecule has 0 aliphatic carbocycles. The Bertz CT molecular complexity index is 1490. The summed E-state index contributed by atoms with van der Waals surface area (Å²) in [6.07, 6.45) is 0. The van der Waals surface area contributed by atoms with Gasteiger partial charge in [0.1, 0.15) is 17.2 Å². The van der Waals surface area contributed by atoms with Crippen molar-refractivity contribution in [2.75, 3.05) is 23.3 Å². The maximum absolute atomic E-state index is 14.0. The number of carbonyl (C=O) groups is 1. The number of carbonyl (C=O) groups excluding carboxylic acids is 1. The summed E-state index contributed by atoms with van der Waals surface area (Å²) >= 11 is 0. The maximum atomic E-state index is 14.0. The first-order valence-corrected chi connectivity index (χ1v) is 12.7. The zero-order chi connectivity index (χ0) is 25.2. The van der Waals surface area contributed by atoms with Crippen LogP contribution in [0.1, 0.15) is 16.7 Å². The van der Waals surface area contributed by atoms with E-state index in [-0.39, 0.29) is 10.6 Å². The summed E-state index contributed by atoms with van der Waals surface area (Å²) in [4.78, 5) is 13.3. The molecule has 1 N–H and O–H groups in total. The van der Waals surface area contributed by atoms with Gasteiger partial charge in [-0.25, -0.2) is 8.42 Å². The smallest absolute Gasteiger partial charge is 0.268 e. The van der Waals surface area contributed by atoms with Crippen LogP contribution in [0, 0.1) is 20.8 Å². The van der Waals surface area contributed by atoms with Crippen LogP contribution in [0.15, 0.2) is 83.8 Å². The third-order valence-electron chi connectivity index (χ3n) is 5.73. The maximum Gasteiger partial charge on any atom is 0.268 e. The molecule has 180 valence electrons. The van der Waals surface area contributed by atoms with Crippen LogP contribution in [-0.4, -0.2) is 28.0 Å². The third-order valence-corrected chi connectivity index (χ3v) is 7.53. The zero-order valence-corrected chi connectivity index (χ0v) is 21.0. The van der Waals surface area contributed by atoms with E-state index in [0.29, 0.717) is 11.4 Å². The fourth-order valence-corrected chi connectivity index (χ4v) is 5.82. The topological polar surface area (TPSA) is 75.7 Å². The molecule has 0 spiro atoms. The molecule has 7 heteroatoms. The van der Waals surface area contributed by atoms with Gasteiger partial charge in [0.25, 0.3) is 10.0 Å². The monoisotopic (exact) mass is 488 g/mol. The predicted molar refractivity (Wildman–Crippen MR) is 141 cm³/mol. The van der Waals surface area contributed by atoms with Gasteiger partial charge in [-0.15, -0.1) is 0 Å². The van der Waals surface area contributed by atoms with Crippen molar-refractivity contribution in [1.82, 2.24) is 0 Å². The number of nitrogens with one attached hydrogen (secondary N) is 1. The molecule has 0 aliphatic rings. The number of sulfonamides is 1. The average Bonchev–Trinajstić information content (AvgIpc) is 2.82. The van der Waals surface area contributed by atoms with Gasteiger partial charge in [-0.05, 0) is 73.2 Å². The highest BCUT2D eigenvalue weighted by Gasteiger charge is 2.30. The molecule has 4 aromatic rings. The van der Waals surface area contributed by atoms with Crippen LogP contribution < -0.4 is 14.4 Å². The van der Waals surface area contributed by atoms with Crippen molar-refractivity contribution in [2.24, 2.45) is 0 Å². The van der Waals surface area contributed by atoms with Gasteiger partial charge in [-0.1, -0.05) is 48.5 Å². The Balaban J connectivity index is 1.77. The number of methoxy groups -OCH3 is 1. The van der Waals surface area contributed by atoms with Crippen LogP contribution in [0.2, 0.25) is 0 Å². The molecule has 6 nitrogen and oxygen atoms in total. The minimum Gasteiger partial charge on any atom is -0.495 e. The molecule has 35 heavy (non-hydrogen) atoms. The quantitative estimate of drug-likeness (QED) is 0.367. The number of fused-ring (bicyclic) bond motifs is 1. The summed E-state index contributed by atoms with van der Waals surface area (Å²) in [7, 11) is -2.71. The number of anilines is 2. The molecule has 0 radical (unpaired) electrons. The van der Waals surface area contributed by atoms with Gasteiger partial charge in [0.15, 0.2) is 0 Å². The summed E-state index contributed by atoms with van der Waals surface area (Å²) in [5.74, 6) is -0.227. The van der Waals surface area contributed by atoms with Gasteiger partial charge in [-0.2, -0.15) is 0 Å². The summed E-state index contributed by atoms with van der Waals surface area (Å²) in [6.45, 7) is 5.20. The van der Waals surface area contributed by atoms with Crippen molar-refractivity contribution in [3.63, 3.8) is 0 Å². The van der Waals surface area contributed by atoms with E-state index in [1.54, 1.807) is 36.4 Å². The second-order valence-corrected chi connectivity index (χ2v) is 10.4. The van der Waals surface area contributed by atoms with Gasteiger partial charge in [0, 0.05) is 11.1 Å². The number of aryl methyl sites for hydroxylation is 3. The second-order valence-electron chi connectivity index (χ2n) is 8.59. The largest absolute Gasteiger partial charge is 0.495 e. The number of rotatable bonds is 7. The van der Waals surface area contributed by atoms with Crippen LogP contribution in [0.25, 0.3) is 10.8 Å². The molecule has 1 amide bonds. The standard InChI is InChI=1S/C28H28N2O4S/c1-19-12-13-26(34-4)27(17-19)35(32,33)30(23-15-20(2)14-21(3)16-23)18-28(31)29-25-11-7-9-22-8-5-6-10-24(22)25/h5-17H,18H2,1-4H3,(H,29,31). The van der Waals surface area contributed by atoms with Gasteiger partial charge in [0.05, 0.1) is 12.8 Å². The van der Waals surface area contributed by atoms with Crippen molar-refractivity contribution >= 4 is 38.1 Å². The van der Waals surface area contributed by atoms with Crippen molar-refractivity contribution < 1.29 is 17.9 Å². The van der Waals surface area contributed by atoms with Crippen molar-refractivity contribution in [1.29, 1.82) is 0 Å². The van der Waals surface area contributed by atoms with Gasteiger partial charge in [0.2, 0.25) is 5.91 Å². The molecule has 0 saturated heterocycles. The van der Waals surface area contributed by atoms with Gasteiger partial charge < -0.3 is 10.1 Å². The highest BCUT2D eigenvalue weighted by Crippen LogP contribution is 2.32. The van der Waals surface area contributed by atoms with Gasteiger partial charge in [-0.3, -0.25) is 9.10 Å². The lowest BCUT2D eigenvalue weighted by Crippen LogP contribution is -2.38. The average molecular weight is 489 g/mol. The number of benzene rings is 4. The minimum absolute atomic E-state index is 0.0112. The molecule has 0 atom stereocenters. The number of nitrogens with zero attached hydrogens (tertiary/aromatic N) is 1. The van der Waals surface area contributed by atoms with E-state index in [4.69, 9.17) is 4.74 Å². The minimum atomic E-state index is -4.14. The fourth-order valence-electron chi connectivity index (χ4n) is 4.17. The summed E-state index contributed by atoms with van der Waals surface area (Å²) in [6, 6.07) is 23.8. The van der Waals surface area contributed by atoms with E-state index < -0.39 is 22.5 Å². The SMILES string of the molecule is COc1ccc(C)cc1S(=O)(=O)N(CC(=O)Nc1cccc2ccccc12)c1cc(C)cc(C)c1. The predicted octanol–water partition coefficient (Wildman–Crippen LogP) is 5.61. The lowest BCUT2D eigenvalue weighted by Gasteiger charge is -2.26. The van der Waals surface area contributed by atoms with E-state index in [2.05, 4.69) is 5.32 Å². The van der Waals surface area contributed by atoms with Crippen LogP contribution >= 0.6 is 0 Å². The summed E-state index contributed by atoms with van der Waals surface area (Å²) in [5.41, 5.74) is 3.60. The molecule has 0 fully saturated rings. The molecule has 0 aromatic heterocycles. The highest BCUT2D eigenvalue weighted by atomic mass is 32.2. The number of amides is 1. The normalized spacial score (nSPS) is 11.3. The van der Waals surface area contributed by atoms with Crippen molar-refractivity contribution in [3.05, 3.63) is 95.6 Å². The van der Waals surface area contributed by atoms with Crippen LogP contribution in [0.5, 0.6) is 5.75 Å².